The highest BCUT2D eigenvalue weighted by atomic mass is 15.5. The second-order valence-electron chi connectivity index (χ2n) is 6.47. The lowest BCUT2D eigenvalue weighted by atomic mass is 9.90. The van der Waals surface area contributed by atoms with Crippen molar-refractivity contribution in [3.63, 3.8) is 0 Å². The van der Waals surface area contributed by atoms with Crippen LogP contribution in [0.25, 0.3) is 0 Å². The zero-order chi connectivity index (χ0) is 13.6. The highest BCUT2D eigenvalue weighted by Crippen LogP contribution is 2.30. The molecule has 2 aliphatic rings. The predicted octanol–water partition coefficient (Wildman–Crippen LogP) is 4.98. The summed E-state index contributed by atoms with van der Waals surface area (Å²) in [4.78, 5) is 0. The van der Waals surface area contributed by atoms with Crippen LogP contribution in [-0.4, -0.2) is 17.1 Å². The van der Waals surface area contributed by atoms with Crippen molar-refractivity contribution in [3.8, 4) is 0 Å². The first-order valence-corrected chi connectivity index (χ1v) is 8.53. The molecule has 2 aliphatic carbocycles. The Morgan fingerprint density at radius 1 is 0.700 bits per heavy atom. The second-order valence-corrected chi connectivity index (χ2v) is 6.47. The van der Waals surface area contributed by atoms with Gasteiger partial charge in [0.05, 0.1) is 0 Å². The number of hydrogen-bond acceptors (Lipinski definition) is 2. The number of nitrogens with one attached hydrogen (secondary N) is 1. The normalized spacial score (nSPS) is 22.1. The Balaban J connectivity index is 1.71. The van der Waals surface area contributed by atoms with Gasteiger partial charge in [0.15, 0.2) is 0 Å². The van der Waals surface area contributed by atoms with E-state index in [2.05, 4.69) is 40.8 Å². The van der Waals surface area contributed by atoms with Crippen LogP contribution in [0.3, 0.4) is 0 Å². The Hall–Kier alpha value is -1.02. The lowest BCUT2D eigenvalue weighted by molar-refractivity contribution is 0.109. The van der Waals surface area contributed by atoms with Crippen LogP contribution in [0.5, 0.6) is 0 Å². The van der Waals surface area contributed by atoms with E-state index in [1.807, 2.05) is 0 Å². The molecule has 0 amide bonds. The lowest BCUT2D eigenvalue weighted by Crippen LogP contribution is -2.48. The molecule has 2 saturated carbocycles. The summed E-state index contributed by atoms with van der Waals surface area (Å²) >= 11 is 0. The predicted molar refractivity (Wildman–Crippen MR) is 85.6 cm³/mol. The number of para-hydroxylation sites is 1. The van der Waals surface area contributed by atoms with Gasteiger partial charge in [-0.15, -0.1) is 0 Å². The second kappa shape index (κ2) is 7.12. The van der Waals surface area contributed by atoms with Gasteiger partial charge in [-0.2, -0.15) is 0 Å². The number of rotatable bonds is 4. The van der Waals surface area contributed by atoms with Gasteiger partial charge >= 0.3 is 0 Å². The van der Waals surface area contributed by atoms with Crippen LogP contribution in [0.4, 0.5) is 5.69 Å². The SMILES string of the molecule is c1ccc(NN(C2CCCCC2)C2CCCCC2)cc1. The molecule has 0 unspecified atom stereocenters. The van der Waals surface area contributed by atoms with Gasteiger partial charge in [0.2, 0.25) is 0 Å². The van der Waals surface area contributed by atoms with Crippen LogP contribution in [-0.2, 0) is 0 Å². The molecule has 2 heteroatoms. The van der Waals surface area contributed by atoms with E-state index in [0.29, 0.717) is 0 Å². The maximum atomic E-state index is 3.75. The van der Waals surface area contributed by atoms with Crippen LogP contribution in [0.15, 0.2) is 30.3 Å². The maximum Gasteiger partial charge on any atom is 0.0490 e. The fourth-order valence-corrected chi connectivity index (χ4v) is 3.86. The Bertz CT molecular complexity index is 360. The minimum Gasteiger partial charge on any atom is -0.318 e. The highest BCUT2D eigenvalue weighted by Gasteiger charge is 2.28. The van der Waals surface area contributed by atoms with E-state index in [4.69, 9.17) is 0 Å². The van der Waals surface area contributed by atoms with E-state index in [9.17, 15) is 0 Å². The molecule has 0 bridgehead atoms. The van der Waals surface area contributed by atoms with Crippen molar-refractivity contribution in [2.75, 3.05) is 5.43 Å². The van der Waals surface area contributed by atoms with Gasteiger partial charge in [-0.25, -0.2) is 5.01 Å². The van der Waals surface area contributed by atoms with Gasteiger partial charge in [-0.3, -0.25) is 0 Å². The molecular formula is C18H28N2. The average molecular weight is 272 g/mol. The summed E-state index contributed by atoms with van der Waals surface area (Å²) in [6.45, 7) is 0. The number of benzene rings is 1. The summed E-state index contributed by atoms with van der Waals surface area (Å²) in [5, 5.41) is 2.63. The monoisotopic (exact) mass is 272 g/mol. The molecule has 1 aromatic carbocycles. The van der Waals surface area contributed by atoms with Gasteiger partial charge < -0.3 is 5.43 Å². The third kappa shape index (κ3) is 3.54. The van der Waals surface area contributed by atoms with Gasteiger partial charge in [0, 0.05) is 17.8 Å². The topological polar surface area (TPSA) is 15.3 Å². The van der Waals surface area contributed by atoms with Crippen molar-refractivity contribution in [1.82, 2.24) is 5.01 Å². The zero-order valence-corrected chi connectivity index (χ0v) is 12.6. The summed E-state index contributed by atoms with van der Waals surface area (Å²) in [7, 11) is 0. The van der Waals surface area contributed by atoms with Crippen LogP contribution in [0.1, 0.15) is 64.2 Å². The van der Waals surface area contributed by atoms with Crippen LogP contribution >= 0.6 is 0 Å². The van der Waals surface area contributed by atoms with E-state index < -0.39 is 0 Å². The van der Waals surface area contributed by atoms with E-state index in [1.165, 1.54) is 69.9 Å². The summed E-state index contributed by atoms with van der Waals surface area (Å²) < 4.78 is 0. The average Bonchev–Trinajstić information content (AvgIpc) is 2.55. The molecule has 3 rings (SSSR count). The Kier molecular flexibility index (Phi) is 4.96. The minimum absolute atomic E-state index is 0.743. The number of anilines is 1. The molecule has 0 saturated heterocycles. The largest absolute Gasteiger partial charge is 0.318 e. The molecule has 0 aromatic heterocycles. The van der Waals surface area contributed by atoms with Crippen molar-refractivity contribution >= 4 is 5.69 Å². The van der Waals surface area contributed by atoms with E-state index in [1.54, 1.807) is 0 Å². The van der Waals surface area contributed by atoms with Gasteiger partial charge in [-0.05, 0) is 37.8 Å². The summed E-state index contributed by atoms with van der Waals surface area (Å²) in [5.41, 5.74) is 5.01. The Labute approximate surface area is 123 Å². The highest BCUT2D eigenvalue weighted by molar-refractivity contribution is 5.41. The van der Waals surface area contributed by atoms with Gasteiger partial charge in [-0.1, -0.05) is 56.7 Å². The molecule has 2 fully saturated rings. The molecular weight excluding hydrogens is 244 g/mol. The summed E-state index contributed by atoms with van der Waals surface area (Å²) in [6, 6.07) is 12.2. The third-order valence-corrected chi connectivity index (χ3v) is 4.97. The first-order valence-electron chi connectivity index (χ1n) is 8.53. The van der Waals surface area contributed by atoms with Crippen molar-refractivity contribution < 1.29 is 0 Å². The first-order chi connectivity index (χ1) is 9.93. The smallest absolute Gasteiger partial charge is 0.0490 e. The first kappa shape index (κ1) is 13.9. The van der Waals surface area contributed by atoms with Crippen molar-refractivity contribution in [3.05, 3.63) is 30.3 Å². The van der Waals surface area contributed by atoms with Gasteiger partial charge in [0.25, 0.3) is 0 Å². The number of hydrogen-bond donors (Lipinski definition) is 1. The Morgan fingerprint density at radius 3 is 1.70 bits per heavy atom. The minimum atomic E-state index is 0.743. The fraction of sp³-hybridized carbons (Fsp3) is 0.667. The number of hydrazine groups is 1. The summed E-state index contributed by atoms with van der Waals surface area (Å²) in [6.07, 6.45) is 14.0. The Morgan fingerprint density at radius 2 is 1.20 bits per heavy atom. The molecule has 0 heterocycles. The van der Waals surface area contributed by atoms with E-state index >= 15 is 0 Å². The third-order valence-electron chi connectivity index (χ3n) is 4.97. The molecule has 1 N–H and O–H groups in total. The van der Waals surface area contributed by atoms with Crippen LogP contribution in [0, 0.1) is 0 Å². The standard InChI is InChI=1S/C18H28N2/c1-4-10-16(11-5-1)19-20(17-12-6-2-7-13-17)18-14-8-3-9-15-18/h1,4-5,10-11,17-19H,2-3,6-9,12-15H2. The van der Waals surface area contributed by atoms with Crippen molar-refractivity contribution in [1.29, 1.82) is 0 Å². The molecule has 20 heavy (non-hydrogen) atoms. The quantitative estimate of drug-likeness (QED) is 0.778. The zero-order valence-electron chi connectivity index (χ0n) is 12.6. The van der Waals surface area contributed by atoms with Crippen LogP contribution < -0.4 is 5.43 Å². The molecule has 2 nitrogen and oxygen atoms in total. The molecule has 0 aliphatic heterocycles. The fourth-order valence-electron chi connectivity index (χ4n) is 3.86. The van der Waals surface area contributed by atoms with Crippen molar-refractivity contribution in [2.24, 2.45) is 0 Å². The summed E-state index contributed by atoms with van der Waals surface area (Å²) in [5.74, 6) is 0. The maximum absolute atomic E-state index is 3.75. The molecule has 1 aromatic rings. The molecule has 0 radical (unpaired) electrons. The van der Waals surface area contributed by atoms with Crippen LogP contribution in [0.2, 0.25) is 0 Å². The number of nitrogens with zero attached hydrogens (tertiary/aromatic N) is 1. The van der Waals surface area contributed by atoms with Crippen molar-refractivity contribution in [2.45, 2.75) is 76.3 Å². The molecule has 0 spiro atoms. The van der Waals surface area contributed by atoms with Gasteiger partial charge in [0.1, 0.15) is 0 Å². The van der Waals surface area contributed by atoms with E-state index in [0.717, 1.165) is 12.1 Å². The molecule has 0 atom stereocenters. The lowest BCUT2D eigenvalue weighted by Gasteiger charge is -2.42. The molecule has 110 valence electrons. The van der Waals surface area contributed by atoms with E-state index in [-0.39, 0.29) is 0 Å².